The highest BCUT2D eigenvalue weighted by molar-refractivity contribution is 5.97. The third-order valence-corrected chi connectivity index (χ3v) is 2.62. The number of ether oxygens (including phenoxy) is 1. The van der Waals surface area contributed by atoms with Crippen LogP contribution < -0.4 is 10.1 Å². The zero-order valence-electron chi connectivity index (χ0n) is 11.5. The first-order valence-electron chi connectivity index (χ1n) is 6.63. The summed E-state index contributed by atoms with van der Waals surface area (Å²) in [5.41, 5.74) is 0.726. The SMILES string of the molecule is CCCNCCOc1cccc(C(=O)C(C)C)c1.[HH]. The Kier molecular flexibility index (Phi) is 6.44. The van der Waals surface area contributed by atoms with E-state index in [-0.39, 0.29) is 13.1 Å². The van der Waals surface area contributed by atoms with Crippen LogP contribution in [-0.2, 0) is 0 Å². The second-order valence-electron chi connectivity index (χ2n) is 4.65. The van der Waals surface area contributed by atoms with Crippen molar-refractivity contribution in [3.63, 3.8) is 0 Å². The van der Waals surface area contributed by atoms with Crippen LogP contribution in [0.25, 0.3) is 0 Å². The number of benzene rings is 1. The Morgan fingerprint density at radius 2 is 2.17 bits per heavy atom. The molecule has 0 aliphatic rings. The quantitative estimate of drug-likeness (QED) is 0.570. The van der Waals surface area contributed by atoms with Gasteiger partial charge in [0.1, 0.15) is 12.4 Å². The van der Waals surface area contributed by atoms with Gasteiger partial charge in [-0.2, -0.15) is 0 Å². The number of Topliss-reactive ketones (excluding diaryl/α,β-unsaturated/α-hetero) is 1. The van der Waals surface area contributed by atoms with Crippen molar-refractivity contribution in [1.29, 1.82) is 0 Å². The first kappa shape index (κ1) is 14.7. The molecule has 0 bridgehead atoms. The molecule has 0 atom stereocenters. The summed E-state index contributed by atoms with van der Waals surface area (Å²) in [6.45, 7) is 8.41. The summed E-state index contributed by atoms with van der Waals surface area (Å²) in [5.74, 6) is 0.941. The molecule has 0 radical (unpaired) electrons. The van der Waals surface area contributed by atoms with Gasteiger partial charge in [-0.1, -0.05) is 32.9 Å². The molecular weight excluding hydrogens is 226 g/mol. The molecule has 0 heterocycles. The molecule has 0 unspecified atom stereocenters. The van der Waals surface area contributed by atoms with E-state index in [0.29, 0.717) is 6.61 Å². The van der Waals surface area contributed by atoms with E-state index in [4.69, 9.17) is 4.74 Å². The molecule has 102 valence electrons. The highest BCUT2D eigenvalue weighted by atomic mass is 16.5. The molecule has 0 fully saturated rings. The molecule has 0 aliphatic carbocycles. The Morgan fingerprint density at radius 3 is 2.83 bits per heavy atom. The molecule has 0 saturated heterocycles. The molecule has 3 heteroatoms. The smallest absolute Gasteiger partial charge is 0.165 e. The van der Waals surface area contributed by atoms with Crippen LogP contribution in [0.15, 0.2) is 24.3 Å². The van der Waals surface area contributed by atoms with Gasteiger partial charge in [-0.3, -0.25) is 4.79 Å². The summed E-state index contributed by atoms with van der Waals surface area (Å²) >= 11 is 0. The fourth-order valence-electron chi connectivity index (χ4n) is 1.62. The predicted molar refractivity (Wildman–Crippen MR) is 76.4 cm³/mol. The van der Waals surface area contributed by atoms with Gasteiger partial charge in [0.25, 0.3) is 0 Å². The molecule has 0 saturated carbocycles. The van der Waals surface area contributed by atoms with Crippen LogP contribution >= 0.6 is 0 Å². The molecule has 1 aromatic carbocycles. The van der Waals surface area contributed by atoms with E-state index in [1.54, 1.807) is 0 Å². The molecule has 0 aromatic heterocycles. The van der Waals surface area contributed by atoms with Crippen molar-refractivity contribution in [2.24, 2.45) is 5.92 Å². The first-order valence-corrected chi connectivity index (χ1v) is 6.63. The molecule has 1 N–H and O–H groups in total. The standard InChI is InChI=1S/C15H23NO2.H2/c1-4-8-16-9-10-18-14-7-5-6-13(11-14)15(17)12(2)3;/h5-7,11-12,16H,4,8-10H2,1-3H3;1H. The predicted octanol–water partition coefficient (Wildman–Crippen LogP) is 3.15. The second kappa shape index (κ2) is 7.88. The van der Waals surface area contributed by atoms with Crippen LogP contribution in [0.2, 0.25) is 0 Å². The van der Waals surface area contributed by atoms with Crippen LogP contribution in [-0.4, -0.2) is 25.5 Å². The van der Waals surface area contributed by atoms with Crippen molar-refractivity contribution in [1.82, 2.24) is 5.32 Å². The minimum Gasteiger partial charge on any atom is -0.492 e. The first-order chi connectivity index (χ1) is 8.65. The third-order valence-electron chi connectivity index (χ3n) is 2.62. The Labute approximate surface area is 111 Å². The van der Waals surface area contributed by atoms with Gasteiger partial charge in [0.2, 0.25) is 0 Å². The van der Waals surface area contributed by atoms with Gasteiger partial charge in [0.15, 0.2) is 5.78 Å². The molecular formula is C15H25NO2. The summed E-state index contributed by atoms with van der Waals surface area (Å²) in [4.78, 5) is 11.8. The van der Waals surface area contributed by atoms with Gasteiger partial charge < -0.3 is 10.1 Å². The van der Waals surface area contributed by atoms with Gasteiger partial charge in [0, 0.05) is 19.5 Å². The normalized spacial score (nSPS) is 10.7. The van der Waals surface area contributed by atoms with E-state index in [9.17, 15) is 4.79 Å². The Bertz CT molecular complexity index is 380. The van der Waals surface area contributed by atoms with Crippen LogP contribution in [0.3, 0.4) is 0 Å². The van der Waals surface area contributed by atoms with Gasteiger partial charge in [-0.15, -0.1) is 0 Å². The van der Waals surface area contributed by atoms with Crippen molar-refractivity contribution < 1.29 is 11.0 Å². The highest BCUT2D eigenvalue weighted by Gasteiger charge is 2.10. The fraction of sp³-hybridized carbons (Fsp3) is 0.533. The zero-order valence-corrected chi connectivity index (χ0v) is 11.5. The van der Waals surface area contributed by atoms with E-state index < -0.39 is 0 Å². The van der Waals surface area contributed by atoms with E-state index in [1.807, 2.05) is 38.1 Å². The van der Waals surface area contributed by atoms with E-state index >= 15 is 0 Å². The van der Waals surface area contributed by atoms with Crippen molar-refractivity contribution in [2.45, 2.75) is 27.2 Å². The van der Waals surface area contributed by atoms with Crippen molar-refractivity contribution >= 4 is 5.78 Å². The summed E-state index contributed by atoms with van der Waals surface area (Å²) in [7, 11) is 0. The van der Waals surface area contributed by atoms with Crippen molar-refractivity contribution in [2.75, 3.05) is 19.7 Å². The van der Waals surface area contributed by atoms with E-state index in [0.717, 1.165) is 30.8 Å². The molecule has 0 spiro atoms. The Morgan fingerprint density at radius 1 is 1.39 bits per heavy atom. The molecule has 0 amide bonds. The van der Waals surface area contributed by atoms with Crippen molar-refractivity contribution in [3.05, 3.63) is 29.8 Å². The van der Waals surface area contributed by atoms with Crippen molar-refractivity contribution in [3.8, 4) is 5.75 Å². The highest BCUT2D eigenvalue weighted by Crippen LogP contribution is 2.16. The second-order valence-corrected chi connectivity index (χ2v) is 4.65. The van der Waals surface area contributed by atoms with Gasteiger partial charge in [-0.25, -0.2) is 0 Å². The minimum atomic E-state index is 0. The molecule has 1 rings (SSSR count). The summed E-state index contributed by atoms with van der Waals surface area (Å²) < 4.78 is 5.61. The molecule has 18 heavy (non-hydrogen) atoms. The lowest BCUT2D eigenvalue weighted by Crippen LogP contribution is -2.21. The van der Waals surface area contributed by atoms with Gasteiger partial charge in [-0.05, 0) is 25.1 Å². The number of rotatable bonds is 8. The Balaban J connectivity index is 0.00000324. The molecule has 3 nitrogen and oxygen atoms in total. The van der Waals surface area contributed by atoms with E-state index in [2.05, 4.69) is 12.2 Å². The monoisotopic (exact) mass is 251 g/mol. The number of hydrogen-bond donors (Lipinski definition) is 1. The lowest BCUT2D eigenvalue weighted by atomic mass is 10.0. The number of carbonyl (C=O) groups is 1. The topological polar surface area (TPSA) is 38.3 Å². The van der Waals surface area contributed by atoms with Crippen LogP contribution in [0.1, 0.15) is 39.0 Å². The molecule has 0 aliphatic heterocycles. The van der Waals surface area contributed by atoms with Gasteiger partial charge >= 0.3 is 0 Å². The summed E-state index contributed by atoms with van der Waals surface area (Å²) in [5, 5.41) is 3.27. The average molecular weight is 251 g/mol. The van der Waals surface area contributed by atoms with Crippen LogP contribution in [0, 0.1) is 5.92 Å². The number of ketones is 1. The fourth-order valence-corrected chi connectivity index (χ4v) is 1.62. The molecule has 1 aromatic rings. The van der Waals surface area contributed by atoms with Gasteiger partial charge in [0.05, 0.1) is 0 Å². The largest absolute Gasteiger partial charge is 0.492 e. The van der Waals surface area contributed by atoms with Crippen LogP contribution in [0.5, 0.6) is 5.75 Å². The lowest BCUT2D eigenvalue weighted by Gasteiger charge is -2.09. The summed E-state index contributed by atoms with van der Waals surface area (Å²) in [6.07, 6.45) is 1.12. The van der Waals surface area contributed by atoms with E-state index in [1.165, 1.54) is 0 Å². The van der Waals surface area contributed by atoms with Crippen LogP contribution in [0.4, 0.5) is 0 Å². The maximum absolute atomic E-state index is 11.8. The number of nitrogens with one attached hydrogen (secondary N) is 1. The zero-order chi connectivity index (χ0) is 13.4. The summed E-state index contributed by atoms with van der Waals surface area (Å²) in [6, 6.07) is 7.41. The Hall–Kier alpha value is -1.35. The third kappa shape index (κ3) is 4.88. The maximum Gasteiger partial charge on any atom is 0.165 e. The number of hydrogen-bond acceptors (Lipinski definition) is 3. The lowest BCUT2D eigenvalue weighted by molar-refractivity contribution is 0.0939. The minimum absolute atomic E-state index is 0. The average Bonchev–Trinajstić information content (AvgIpc) is 2.38. The maximum atomic E-state index is 11.8. The number of carbonyl (C=O) groups excluding carboxylic acids is 1.